The molecule has 0 spiro atoms. The lowest BCUT2D eigenvalue weighted by Crippen LogP contribution is -2.30. The maximum Gasteiger partial charge on any atom is 0.146 e. The molecule has 1 unspecified atom stereocenters. The molecule has 0 aliphatic heterocycles. The van der Waals surface area contributed by atoms with Crippen molar-refractivity contribution in [1.82, 2.24) is 20.1 Å². The van der Waals surface area contributed by atoms with Crippen LogP contribution in [0.15, 0.2) is 6.33 Å². The third-order valence-corrected chi connectivity index (χ3v) is 3.56. The van der Waals surface area contributed by atoms with Crippen molar-refractivity contribution in [1.29, 1.82) is 0 Å². The van der Waals surface area contributed by atoms with Crippen LogP contribution in [0.5, 0.6) is 0 Å². The fourth-order valence-electron chi connectivity index (χ4n) is 2.26. The Labute approximate surface area is 97.5 Å². The van der Waals surface area contributed by atoms with E-state index >= 15 is 0 Å². The molecule has 4 nitrogen and oxygen atoms in total. The highest BCUT2D eigenvalue weighted by atomic mass is 15.3. The van der Waals surface area contributed by atoms with Crippen molar-refractivity contribution in [3.8, 4) is 0 Å². The molecule has 1 aromatic rings. The Hall–Kier alpha value is -0.900. The van der Waals surface area contributed by atoms with Gasteiger partial charge in [-0.3, -0.25) is 0 Å². The summed E-state index contributed by atoms with van der Waals surface area (Å²) in [7, 11) is 0. The lowest BCUT2D eigenvalue weighted by atomic mass is 9.81. The van der Waals surface area contributed by atoms with Crippen LogP contribution in [0.25, 0.3) is 0 Å². The smallest absolute Gasteiger partial charge is 0.146 e. The first-order valence-corrected chi connectivity index (χ1v) is 6.39. The molecule has 0 saturated heterocycles. The van der Waals surface area contributed by atoms with E-state index in [1.165, 1.54) is 25.7 Å². The highest BCUT2D eigenvalue weighted by Crippen LogP contribution is 2.30. The van der Waals surface area contributed by atoms with Gasteiger partial charge in [-0.05, 0) is 26.2 Å². The SMILES string of the molecule is CCn1cnnc1CNC(C)CC1CCC1. The molecule has 4 heteroatoms. The van der Waals surface area contributed by atoms with E-state index in [1.807, 2.05) is 0 Å². The molecule has 2 rings (SSSR count). The van der Waals surface area contributed by atoms with E-state index < -0.39 is 0 Å². The first-order valence-electron chi connectivity index (χ1n) is 6.39. The highest BCUT2D eigenvalue weighted by Gasteiger charge is 2.19. The highest BCUT2D eigenvalue weighted by molar-refractivity contribution is 4.86. The fraction of sp³-hybridized carbons (Fsp3) is 0.833. The third kappa shape index (κ3) is 2.82. The Kier molecular flexibility index (Phi) is 3.93. The second-order valence-electron chi connectivity index (χ2n) is 4.85. The molecule has 1 fully saturated rings. The molecule has 1 aliphatic carbocycles. The topological polar surface area (TPSA) is 42.7 Å². The molecule has 0 bridgehead atoms. The van der Waals surface area contributed by atoms with Gasteiger partial charge in [-0.1, -0.05) is 19.3 Å². The van der Waals surface area contributed by atoms with Gasteiger partial charge in [-0.2, -0.15) is 0 Å². The Morgan fingerprint density at radius 1 is 1.56 bits per heavy atom. The van der Waals surface area contributed by atoms with Crippen molar-refractivity contribution >= 4 is 0 Å². The summed E-state index contributed by atoms with van der Waals surface area (Å²) in [5.74, 6) is 2.01. The molecule has 0 radical (unpaired) electrons. The van der Waals surface area contributed by atoms with Gasteiger partial charge < -0.3 is 9.88 Å². The third-order valence-electron chi connectivity index (χ3n) is 3.56. The Morgan fingerprint density at radius 3 is 3.00 bits per heavy atom. The van der Waals surface area contributed by atoms with Gasteiger partial charge in [0.1, 0.15) is 12.2 Å². The van der Waals surface area contributed by atoms with Gasteiger partial charge in [0.05, 0.1) is 6.54 Å². The van der Waals surface area contributed by atoms with Crippen molar-refractivity contribution in [2.24, 2.45) is 5.92 Å². The molecule has 90 valence electrons. The van der Waals surface area contributed by atoms with Crippen LogP contribution in [0, 0.1) is 5.92 Å². The van der Waals surface area contributed by atoms with Crippen LogP contribution >= 0.6 is 0 Å². The van der Waals surface area contributed by atoms with Crippen LogP contribution in [-0.4, -0.2) is 20.8 Å². The van der Waals surface area contributed by atoms with Crippen LogP contribution in [0.3, 0.4) is 0 Å². The predicted octanol–water partition coefficient (Wildman–Crippen LogP) is 1.97. The van der Waals surface area contributed by atoms with E-state index in [-0.39, 0.29) is 0 Å². The van der Waals surface area contributed by atoms with Gasteiger partial charge in [-0.25, -0.2) is 0 Å². The summed E-state index contributed by atoms with van der Waals surface area (Å²) in [6.45, 7) is 6.17. The number of hydrogen-bond donors (Lipinski definition) is 1. The molecule has 1 saturated carbocycles. The number of nitrogens with one attached hydrogen (secondary N) is 1. The maximum absolute atomic E-state index is 4.12. The molecule has 1 aromatic heterocycles. The zero-order valence-electron chi connectivity index (χ0n) is 10.3. The summed E-state index contributed by atoms with van der Waals surface area (Å²) in [4.78, 5) is 0. The Balaban J connectivity index is 1.73. The summed E-state index contributed by atoms with van der Waals surface area (Å²) >= 11 is 0. The average molecular weight is 222 g/mol. The number of aryl methyl sites for hydroxylation is 1. The molecular weight excluding hydrogens is 200 g/mol. The monoisotopic (exact) mass is 222 g/mol. The van der Waals surface area contributed by atoms with Crippen LogP contribution < -0.4 is 5.32 Å². The Morgan fingerprint density at radius 2 is 2.38 bits per heavy atom. The van der Waals surface area contributed by atoms with E-state index in [9.17, 15) is 0 Å². The molecule has 0 amide bonds. The Bertz CT molecular complexity index is 317. The summed E-state index contributed by atoms with van der Waals surface area (Å²) in [5.41, 5.74) is 0. The molecule has 0 aromatic carbocycles. The van der Waals surface area contributed by atoms with E-state index in [1.54, 1.807) is 6.33 Å². The van der Waals surface area contributed by atoms with Gasteiger partial charge in [-0.15, -0.1) is 10.2 Å². The molecular formula is C12H22N4. The molecule has 1 heterocycles. The number of rotatable bonds is 6. The minimum atomic E-state index is 0.590. The van der Waals surface area contributed by atoms with Crippen molar-refractivity contribution < 1.29 is 0 Å². The number of aromatic nitrogens is 3. The van der Waals surface area contributed by atoms with Crippen molar-refractivity contribution in [3.05, 3.63) is 12.2 Å². The predicted molar refractivity (Wildman–Crippen MR) is 64.0 cm³/mol. The molecule has 16 heavy (non-hydrogen) atoms. The van der Waals surface area contributed by atoms with Crippen molar-refractivity contribution in [2.75, 3.05) is 0 Å². The zero-order valence-corrected chi connectivity index (χ0v) is 10.3. The van der Waals surface area contributed by atoms with Crippen LogP contribution in [0.2, 0.25) is 0 Å². The summed E-state index contributed by atoms with van der Waals surface area (Å²) in [6.07, 6.45) is 7.39. The molecule has 1 N–H and O–H groups in total. The normalized spacial score (nSPS) is 18.4. The average Bonchev–Trinajstić information content (AvgIpc) is 2.68. The summed E-state index contributed by atoms with van der Waals surface area (Å²) in [6, 6.07) is 0.590. The largest absolute Gasteiger partial charge is 0.317 e. The fourth-order valence-corrected chi connectivity index (χ4v) is 2.26. The van der Waals surface area contributed by atoms with E-state index in [4.69, 9.17) is 0 Å². The number of nitrogens with zero attached hydrogens (tertiary/aromatic N) is 3. The van der Waals surface area contributed by atoms with E-state index in [2.05, 4.69) is 33.9 Å². The van der Waals surface area contributed by atoms with Gasteiger partial charge in [0.25, 0.3) is 0 Å². The minimum Gasteiger partial charge on any atom is -0.317 e. The van der Waals surface area contributed by atoms with Crippen LogP contribution in [-0.2, 0) is 13.1 Å². The number of hydrogen-bond acceptors (Lipinski definition) is 3. The lowest BCUT2D eigenvalue weighted by molar-refractivity contribution is 0.264. The standard InChI is InChI=1S/C12H22N4/c1-3-16-9-14-15-12(16)8-13-10(2)7-11-5-4-6-11/h9-11,13H,3-8H2,1-2H3. The molecule has 1 atom stereocenters. The van der Waals surface area contributed by atoms with Gasteiger partial charge in [0, 0.05) is 12.6 Å². The summed E-state index contributed by atoms with van der Waals surface area (Å²) < 4.78 is 2.09. The van der Waals surface area contributed by atoms with Crippen molar-refractivity contribution in [3.63, 3.8) is 0 Å². The van der Waals surface area contributed by atoms with Crippen LogP contribution in [0.1, 0.15) is 45.4 Å². The van der Waals surface area contributed by atoms with Gasteiger partial charge in [0.15, 0.2) is 0 Å². The quantitative estimate of drug-likeness (QED) is 0.800. The maximum atomic E-state index is 4.12. The first-order chi connectivity index (χ1) is 7.79. The second kappa shape index (κ2) is 5.43. The lowest BCUT2D eigenvalue weighted by Gasteiger charge is -2.28. The van der Waals surface area contributed by atoms with Crippen molar-refractivity contribution in [2.45, 2.75) is 58.7 Å². The van der Waals surface area contributed by atoms with Crippen LogP contribution in [0.4, 0.5) is 0 Å². The van der Waals surface area contributed by atoms with E-state index in [0.29, 0.717) is 6.04 Å². The van der Waals surface area contributed by atoms with Gasteiger partial charge in [0.2, 0.25) is 0 Å². The molecule has 1 aliphatic rings. The van der Waals surface area contributed by atoms with E-state index in [0.717, 1.165) is 24.8 Å². The minimum absolute atomic E-state index is 0.590. The second-order valence-corrected chi connectivity index (χ2v) is 4.85. The van der Waals surface area contributed by atoms with Gasteiger partial charge >= 0.3 is 0 Å². The summed E-state index contributed by atoms with van der Waals surface area (Å²) in [5, 5.41) is 11.6. The zero-order chi connectivity index (χ0) is 11.4. The first kappa shape index (κ1) is 11.6.